The molecule has 0 atom stereocenters. The van der Waals surface area contributed by atoms with E-state index in [0.29, 0.717) is 23.6 Å². The standard InChI is InChI=1S/C16H18FNO2/c1-3-19-14-8-7-13(18)9-12(14)10-20-15-6-4-5-11(2)16(15)17/h4-9H,3,10,18H2,1-2H3. The Kier molecular flexibility index (Phi) is 4.45. The average Bonchev–Trinajstić information content (AvgIpc) is 2.43. The first-order valence-corrected chi connectivity index (χ1v) is 6.51. The summed E-state index contributed by atoms with van der Waals surface area (Å²) in [7, 11) is 0. The van der Waals surface area contributed by atoms with E-state index in [-0.39, 0.29) is 18.2 Å². The van der Waals surface area contributed by atoms with Gasteiger partial charge >= 0.3 is 0 Å². The quantitative estimate of drug-likeness (QED) is 0.846. The summed E-state index contributed by atoms with van der Waals surface area (Å²) in [6, 6.07) is 10.4. The van der Waals surface area contributed by atoms with Crippen molar-refractivity contribution in [3.63, 3.8) is 0 Å². The SMILES string of the molecule is CCOc1ccc(N)cc1COc1cccc(C)c1F. The number of hydrogen-bond donors (Lipinski definition) is 1. The van der Waals surface area contributed by atoms with E-state index in [0.717, 1.165) is 5.56 Å². The maximum Gasteiger partial charge on any atom is 0.167 e. The highest BCUT2D eigenvalue weighted by molar-refractivity contribution is 5.47. The largest absolute Gasteiger partial charge is 0.493 e. The van der Waals surface area contributed by atoms with E-state index in [4.69, 9.17) is 15.2 Å². The summed E-state index contributed by atoms with van der Waals surface area (Å²) >= 11 is 0. The van der Waals surface area contributed by atoms with E-state index in [9.17, 15) is 4.39 Å². The van der Waals surface area contributed by atoms with E-state index in [1.54, 1.807) is 43.3 Å². The van der Waals surface area contributed by atoms with E-state index in [2.05, 4.69) is 0 Å². The Hall–Kier alpha value is -2.23. The lowest BCUT2D eigenvalue weighted by atomic mass is 10.2. The molecule has 0 spiro atoms. The Labute approximate surface area is 118 Å². The molecule has 2 aromatic carbocycles. The topological polar surface area (TPSA) is 44.5 Å². The molecular formula is C16H18FNO2. The molecule has 20 heavy (non-hydrogen) atoms. The minimum atomic E-state index is -0.339. The van der Waals surface area contributed by atoms with Crippen molar-refractivity contribution in [3.05, 3.63) is 53.3 Å². The van der Waals surface area contributed by atoms with Crippen molar-refractivity contribution >= 4 is 5.69 Å². The van der Waals surface area contributed by atoms with Gasteiger partial charge in [-0.05, 0) is 43.7 Å². The fourth-order valence-corrected chi connectivity index (χ4v) is 1.90. The summed E-state index contributed by atoms with van der Waals surface area (Å²) in [6.07, 6.45) is 0. The van der Waals surface area contributed by atoms with Gasteiger partial charge in [0.1, 0.15) is 12.4 Å². The van der Waals surface area contributed by atoms with Crippen molar-refractivity contribution in [2.45, 2.75) is 20.5 Å². The molecule has 0 heterocycles. The van der Waals surface area contributed by atoms with Crippen molar-refractivity contribution < 1.29 is 13.9 Å². The molecule has 0 aliphatic heterocycles. The van der Waals surface area contributed by atoms with Crippen LogP contribution in [0.5, 0.6) is 11.5 Å². The van der Waals surface area contributed by atoms with Crippen LogP contribution >= 0.6 is 0 Å². The molecule has 0 aromatic heterocycles. The van der Waals surface area contributed by atoms with Crippen LogP contribution in [-0.2, 0) is 6.61 Å². The third-order valence-electron chi connectivity index (χ3n) is 2.92. The predicted octanol–water partition coefficient (Wildman–Crippen LogP) is 3.69. The summed E-state index contributed by atoms with van der Waals surface area (Å²) in [6.45, 7) is 4.37. The first-order chi connectivity index (χ1) is 9.61. The molecule has 3 nitrogen and oxygen atoms in total. The van der Waals surface area contributed by atoms with Gasteiger partial charge in [-0.25, -0.2) is 4.39 Å². The molecular weight excluding hydrogens is 257 g/mol. The smallest absolute Gasteiger partial charge is 0.167 e. The highest BCUT2D eigenvalue weighted by Gasteiger charge is 2.09. The molecule has 106 valence electrons. The first-order valence-electron chi connectivity index (χ1n) is 6.51. The number of benzene rings is 2. The molecule has 0 saturated heterocycles. The van der Waals surface area contributed by atoms with Gasteiger partial charge in [0, 0.05) is 11.3 Å². The van der Waals surface area contributed by atoms with Crippen LogP contribution in [0.4, 0.5) is 10.1 Å². The number of nitrogens with two attached hydrogens (primary N) is 1. The van der Waals surface area contributed by atoms with Crippen LogP contribution in [0, 0.1) is 12.7 Å². The van der Waals surface area contributed by atoms with Crippen molar-refractivity contribution in [2.24, 2.45) is 0 Å². The van der Waals surface area contributed by atoms with Crippen LogP contribution in [-0.4, -0.2) is 6.61 Å². The molecule has 0 radical (unpaired) electrons. The van der Waals surface area contributed by atoms with Crippen molar-refractivity contribution in [1.29, 1.82) is 0 Å². The summed E-state index contributed by atoms with van der Waals surface area (Å²) in [5.74, 6) is 0.596. The minimum absolute atomic E-state index is 0.209. The van der Waals surface area contributed by atoms with Crippen molar-refractivity contribution in [2.75, 3.05) is 12.3 Å². The maximum atomic E-state index is 13.9. The molecule has 2 N–H and O–H groups in total. The lowest BCUT2D eigenvalue weighted by Crippen LogP contribution is -2.03. The van der Waals surface area contributed by atoms with Crippen LogP contribution < -0.4 is 15.2 Å². The number of anilines is 1. The van der Waals surface area contributed by atoms with Gasteiger partial charge in [-0.2, -0.15) is 0 Å². The monoisotopic (exact) mass is 275 g/mol. The van der Waals surface area contributed by atoms with E-state index in [1.165, 1.54) is 0 Å². The summed E-state index contributed by atoms with van der Waals surface area (Å²) < 4.78 is 24.9. The Morgan fingerprint density at radius 3 is 2.65 bits per heavy atom. The Morgan fingerprint density at radius 1 is 1.10 bits per heavy atom. The number of aryl methyl sites for hydroxylation is 1. The molecule has 0 unspecified atom stereocenters. The molecule has 2 aromatic rings. The molecule has 4 heteroatoms. The summed E-state index contributed by atoms with van der Waals surface area (Å²) in [5.41, 5.74) is 7.74. The number of hydrogen-bond acceptors (Lipinski definition) is 3. The molecule has 0 amide bonds. The molecule has 0 aliphatic carbocycles. The molecule has 0 fully saturated rings. The maximum absolute atomic E-state index is 13.9. The van der Waals surface area contributed by atoms with Gasteiger partial charge in [0.25, 0.3) is 0 Å². The zero-order valence-corrected chi connectivity index (χ0v) is 11.7. The Morgan fingerprint density at radius 2 is 1.90 bits per heavy atom. The third kappa shape index (κ3) is 3.20. The summed E-state index contributed by atoms with van der Waals surface area (Å²) in [4.78, 5) is 0. The van der Waals surface area contributed by atoms with Gasteiger partial charge < -0.3 is 15.2 Å². The van der Waals surface area contributed by atoms with Gasteiger partial charge in [0.15, 0.2) is 11.6 Å². The van der Waals surface area contributed by atoms with Crippen LogP contribution in [0.15, 0.2) is 36.4 Å². The van der Waals surface area contributed by atoms with Gasteiger partial charge in [-0.1, -0.05) is 12.1 Å². The van der Waals surface area contributed by atoms with E-state index >= 15 is 0 Å². The molecule has 0 saturated carbocycles. The Balaban J connectivity index is 2.18. The zero-order chi connectivity index (χ0) is 14.5. The van der Waals surface area contributed by atoms with Crippen LogP contribution in [0.25, 0.3) is 0 Å². The second kappa shape index (κ2) is 6.28. The lowest BCUT2D eigenvalue weighted by molar-refractivity contribution is 0.275. The lowest BCUT2D eigenvalue weighted by Gasteiger charge is -2.13. The van der Waals surface area contributed by atoms with Crippen LogP contribution in [0.2, 0.25) is 0 Å². The minimum Gasteiger partial charge on any atom is -0.493 e. The van der Waals surface area contributed by atoms with Gasteiger partial charge in [-0.3, -0.25) is 0 Å². The fourth-order valence-electron chi connectivity index (χ4n) is 1.90. The number of halogens is 1. The third-order valence-corrected chi connectivity index (χ3v) is 2.92. The number of nitrogen functional groups attached to an aromatic ring is 1. The highest BCUT2D eigenvalue weighted by atomic mass is 19.1. The summed E-state index contributed by atoms with van der Waals surface area (Å²) in [5, 5.41) is 0. The molecule has 2 rings (SSSR count). The first kappa shape index (κ1) is 14.2. The normalized spacial score (nSPS) is 10.3. The van der Waals surface area contributed by atoms with Crippen molar-refractivity contribution in [1.82, 2.24) is 0 Å². The van der Waals surface area contributed by atoms with Crippen molar-refractivity contribution in [3.8, 4) is 11.5 Å². The van der Waals surface area contributed by atoms with E-state index < -0.39 is 0 Å². The molecule has 0 aliphatic rings. The highest BCUT2D eigenvalue weighted by Crippen LogP contribution is 2.25. The van der Waals surface area contributed by atoms with E-state index in [1.807, 2.05) is 6.92 Å². The van der Waals surface area contributed by atoms with Gasteiger partial charge in [0.05, 0.1) is 6.61 Å². The van der Waals surface area contributed by atoms with Gasteiger partial charge in [0.2, 0.25) is 0 Å². The average molecular weight is 275 g/mol. The number of rotatable bonds is 5. The predicted molar refractivity (Wildman–Crippen MR) is 77.5 cm³/mol. The Bertz CT molecular complexity index is 599. The van der Waals surface area contributed by atoms with Crippen LogP contribution in [0.1, 0.15) is 18.1 Å². The molecule has 0 bridgehead atoms. The second-order valence-corrected chi connectivity index (χ2v) is 4.48. The van der Waals surface area contributed by atoms with Crippen LogP contribution in [0.3, 0.4) is 0 Å². The van der Waals surface area contributed by atoms with Gasteiger partial charge in [-0.15, -0.1) is 0 Å². The zero-order valence-electron chi connectivity index (χ0n) is 11.7. The number of ether oxygens (including phenoxy) is 2. The second-order valence-electron chi connectivity index (χ2n) is 4.48. The fraction of sp³-hybridized carbons (Fsp3) is 0.250.